The minimum Gasteiger partial charge on any atom is -0.307 e. The lowest BCUT2D eigenvalue weighted by molar-refractivity contribution is 0.626. The predicted molar refractivity (Wildman–Crippen MR) is 82.3 cm³/mol. The number of halogens is 3. The SMILES string of the molecule is Cc1ccnc2c1nc(CCl)n2Cc1ccc(F)c(Cl)c1. The summed E-state index contributed by atoms with van der Waals surface area (Å²) in [6.07, 6.45) is 1.74. The van der Waals surface area contributed by atoms with Gasteiger partial charge in [0.15, 0.2) is 5.65 Å². The maximum absolute atomic E-state index is 13.2. The van der Waals surface area contributed by atoms with Gasteiger partial charge < -0.3 is 4.57 Å². The predicted octanol–water partition coefficient (Wildman–Crippen LogP) is 4.32. The molecular weight excluding hydrogens is 312 g/mol. The first-order valence-electron chi connectivity index (χ1n) is 6.40. The van der Waals surface area contributed by atoms with E-state index in [9.17, 15) is 4.39 Å². The van der Waals surface area contributed by atoms with Crippen molar-refractivity contribution in [2.45, 2.75) is 19.3 Å². The average molecular weight is 324 g/mol. The Morgan fingerprint density at radius 3 is 2.81 bits per heavy atom. The average Bonchev–Trinajstić information content (AvgIpc) is 2.83. The normalized spacial score (nSPS) is 11.2. The van der Waals surface area contributed by atoms with Gasteiger partial charge in [-0.3, -0.25) is 0 Å². The monoisotopic (exact) mass is 323 g/mol. The van der Waals surface area contributed by atoms with Crippen LogP contribution in [0, 0.1) is 12.7 Å². The van der Waals surface area contributed by atoms with E-state index in [1.165, 1.54) is 6.07 Å². The second kappa shape index (κ2) is 5.62. The summed E-state index contributed by atoms with van der Waals surface area (Å²) in [5.41, 5.74) is 3.52. The van der Waals surface area contributed by atoms with E-state index in [1.807, 2.05) is 17.6 Å². The molecule has 6 heteroatoms. The highest BCUT2D eigenvalue weighted by Gasteiger charge is 2.13. The molecule has 1 aromatic carbocycles. The third-order valence-electron chi connectivity index (χ3n) is 3.36. The van der Waals surface area contributed by atoms with Crippen LogP contribution in [0.2, 0.25) is 5.02 Å². The first-order valence-corrected chi connectivity index (χ1v) is 7.32. The molecule has 0 saturated carbocycles. The van der Waals surface area contributed by atoms with Crippen LogP contribution in [0.15, 0.2) is 30.5 Å². The molecule has 0 amide bonds. The molecule has 3 aromatic rings. The van der Waals surface area contributed by atoms with Gasteiger partial charge in [-0.2, -0.15) is 0 Å². The number of aryl methyl sites for hydroxylation is 1. The molecule has 0 atom stereocenters. The van der Waals surface area contributed by atoms with Crippen molar-refractivity contribution in [2.24, 2.45) is 0 Å². The smallest absolute Gasteiger partial charge is 0.160 e. The number of nitrogens with zero attached hydrogens (tertiary/aromatic N) is 3. The first-order chi connectivity index (χ1) is 10.1. The van der Waals surface area contributed by atoms with Crippen molar-refractivity contribution in [3.63, 3.8) is 0 Å². The summed E-state index contributed by atoms with van der Waals surface area (Å²) >= 11 is 11.8. The van der Waals surface area contributed by atoms with E-state index < -0.39 is 5.82 Å². The summed E-state index contributed by atoms with van der Waals surface area (Å²) in [5, 5.41) is 0.105. The standard InChI is InChI=1S/C15H12Cl2FN3/c1-9-4-5-19-15-14(9)20-13(7-16)21(15)8-10-2-3-12(18)11(17)6-10/h2-6H,7-8H2,1H3. The lowest BCUT2D eigenvalue weighted by atomic mass is 10.2. The highest BCUT2D eigenvalue weighted by atomic mass is 35.5. The fraction of sp³-hybridized carbons (Fsp3) is 0.200. The van der Waals surface area contributed by atoms with E-state index in [-0.39, 0.29) is 10.9 Å². The van der Waals surface area contributed by atoms with Crippen LogP contribution in [-0.2, 0) is 12.4 Å². The van der Waals surface area contributed by atoms with Crippen LogP contribution in [0.3, 0.4) is 0 Å². The van der Waals surface area contributed by atoms with Gasteiger partial charge in [0.2, 0.25) is 0 Å². The van der Waals surface area contributed by atoms with Gasteiger partial charge in [-0.15, -0.1) is 11.6 Å². The van der Waals surface area contributed by atoms with Crippen LogP contribution in [-0.4, -0.2) is 14.5 Å². The van der Waals surface area contributed by atoms with E-state index in [4.69, 9.17) is 23.2 Å². The van der Waals surface area contributed by atoms with Gasteiger partial charge in [0.1, 0.15) is 17.2 Å². The Hall–Kier alpha value is -1.65. The number of alkyl halides is 1. The van der Waals surface area contributed by atoms with Gasteiger partial charge in [0.05, 0.1) is 17.4 Å². The molecule has 0 unspecified atom stereocenters. The largest absolute Gasteiger partial charge is 0.307 e. The maximum atomic E-state index is 13.2. The fourth-order valence-electron chi connectivity index (χ4n) is 2.27. The summed E-state index contributed by atoms with van der Waals surface area (Å²) < 4.78 is 15.2. The van der Waals surface area contributed by atoms with E-state index in [0.29, 0.717) is 6.54 Å². The number of imidazole rings is 1. The van der Waals surface area contributed by atoms with Crippen LogP contribution < -0.4 is 0 Å². The van der Waals surface area contributed by atoms with E-state index in [1.54, 1.807) is 18.3 Å². The summed E-state index contributed by atoms with van der Waals surface area (Å²) in [7, 11) is 0. The number of rotatable bonds is 3. The zero-order valence-corrected chi connectivity index (χ0v) is 12.8. The van der Waals surface area contributed by atoms with Crippen molar-refractivity contribution < 1.29 is 4.39 Å². The summed E-state index contributed by atoms with van der Waals surface area (Å²) in [5.74, 6) is 0.585. The Bertz CT molecular complexity index is 814. The molecule has 0 spiro atoms. The minimum atomic E-state index is -0.428. The number of hydrogen-bond acceptors (Lipinski definition) is 2. The van der Waals surface area contributed by atoms with Crippen LogP contribution in [0.1, 0.15) is 17.0 Å². The number of fused-ring (bicyclic) bond motifs is 1. The molecule has 0 fully saturated rings. The molecule has 0 aliphatic carbocycles. The Morgan fingerprint density at radius 2 is 2.10 bits per heavy atom. The van der Waals surface area contributed by atoms with Gasteiger partial charge in [-0.05, 0) is 36.2 Å². The zero-order chi connectivity index (χ0) is 15.0. The van der Waals surface area contributed by atoms with Crippen LogP contribution in [0.4, 0.5) is 4.39 Å². The van der Waals surface area contributed by atoms with Crippen molar-refractivity contribution in [1.82, 2.24) is 14.5 Å². The summed E-state index contributed by atoms with van der Waals surface area (Å²) in [6, 6.07) is 6.57. The lowest BCUT2D eigenvalue weighted by Gasteiger charge is -2.08. The Labute approximate surface area is 131 Å². The molecule has 2 heterocycles. The highest BCUT2D eigenvalue weighted by Crippen LogP contribution is 2.22. The summed E-state index contributed by atoms with van der Waals surface area (Å²) in [6.45, 7) is 2.48. The molecule has 0 radical (unpaired) electrons. The van der Waals surface area contributed by atoms with Crippen LogP contribution in [0.5, 0.6) is 0 Å². The van der Waals surface area contributed by atoms with Gasteiger partial charge in [0.25, 0.3) is 0 Å². The van der Waals surface area contributed by atoms with Crippen molar-refractivity contribution in [2.75, 3.05) is 0 Å². The second-order valence-corrected chi connectivity index (χ2v) is 5.47. The van der Waals surface area contributed by atoms with Crippen molar-refractivity contribution >= 4 is 34.4 Å². The number of pyridine rings is 1. The minimum absolute atomic E-state index is 0.105. The van der Waals surface area contributed by atoms with E-state index >= 15 is 0 Å². The summed E-state index contributed by atoms with van der Waals surface area (Å²) in [4.78, 5) is 8.91. The van der Waals surface area contributed by atoms with Gasteiger partial charge in [-0.25, -0.2) is 14.4 Å². The first kappa shape index (κ1) is 14.3. The quantitative estimate of drug-likeness (QED) is 0.672. The van der Waals surface area contributed by atoms with Crippen molar-refractivity contribution in [1.29, 1.82) is 0 Å². The lowest BCUT2D eigenvalue weighted by Crippen LogP contribution is -2.05. The Kier molecular flexibility index (Phi) is 3.83. The molecular formula is C15H12Cl2FN3. The number of aromatic nitrogens is 3. The molecule has 0 saturated heterocycles. The van der Waals surface area contributed by atoms with Gasteiger partial charge in [0, 0.05) is 6.20 Å². The molecule has 3 rings (SSSR count). The van der Waals surface area contributed by atoms with Crippen molar-refractivity contribution in [3.8, 4) is 0 Å². The van der Waals surface area contributed by atoms with Crippen molar-refractivity contribution in [3.05, 3.63) is 58.3 Å². The molecule has 2 aromatic heterocycles. The van der Waals surface area contributed by atoms with Crippen LogP contribution in [0.25, 0.3) is 11.2 Å². The molecule has 0 aliphatic rings. The van der Waals surface area contributed by atoms with Gasteiger partial charge in [-0.1, -0.05) is 17.7 Å². The molecule has 108 valence electrons. The molecule has 21 heavy (non-hydrogen) atoms. The molecule has 0 aliphatic heterocycles. The number of benzene rings is 1. The highest BCUT2D eigenvalue weighted by molar-refractivity contribution is 6.30. The van der Waals surface area contributed by atoms with E-state index in [2.05, 4.69) is 9.97 Å². The second-order valence-electron chi connectivity index (χ2n) is 4.80. The van der Waals surface area contributed by atoms with Gasteiger partial charge >= 0.3 is 0 Å². The third-order valence-corrected chi connectivity index (χ3v) is 3.89. The fourth-order valence-corrected chi connectivity index (χ4v) is 2.68. The Morgan fingerprint density at radius 1 is 1.29 bits per heavy atom. The maximum Gasteiger partial charge on any atom is 0.160 e. The molecule has 0 bridgehead atoms. The third kappa shape index (κ3) is 2.61. The molecule has 0 N–H and O–H groups in total. The topological polar surface area (TPSA) is 30.7 Å². The van der Waals surface area contributed by atoms with E-state index in [0.717, 1.165) is 28.1 Å². The van der Waals surface area contributed by atoms with Crippen LogP contribution >= 0.6 is 23.2 Å². The zero-order valence-electron chi connectivity index (χ0n) is 11.3. The molecule has 3 nitrogen and oxygen atoms in total. The number of hydrogen-bond donors (Lipinski definition) is 0. The Balaban J connectivity index is 2.10.